The number of rotatable bonds is 3. The topological polar surface area (TPSA) is 46.6 Å². The molecule has 3 atom stereocenters. The van der Waals surface area contributed by atoms with Gasteiger partial charge in [-0.15, -0.1) is 0 Å². The van der Waals surface area contributed by atoms with Crippen LogP contribution < -0.4 is 0 Å². The highest BCUT2D eigenvalue weighted by molar-refractivity contribution is 7.89. The molecule has 5 heteroatoms. The molecule has 6 rings (SSSR count). The van der Waals surface area contributed by atoms with E-state index in [0.717, 1.165) is 24.8 Å². The number of aryl methyl sites for hydroxylation is 2. The zero-order valence-electron chi connectivity index (χ0n) is 20.7. The van der Waals surface area contributed by atoms with Gasteiger partial charge in [-0.25, -0.2) is 8.42 Å². The highest BCUT2D eigenvalue weighted by atomic mass is 32.2. The number of hydrogen-bond acceptors (Lipinski definition) is 3. The summed E-state index contributed by atoms with van der Waals surface area (Å²) in [4.78, 5) is 0.393. The lowest BCUT2D eigenvalue weighted by Crippen LogP contribution is -2.45. The Morgan fingerprint density at radius 2 is 1.53 bits per heavy atom. The molecule has 2 aliphatic carbocycles. The van der Waals surface area contributed by atoms with Crippen molar-refractivity contribution in [3.05, 3.63) is 76.4 Å². The molecule has 4 aliphatic rings. The summed E-state index contributed by atoms with van der Waals surface area (Å²) >= 11 is 0. The van der Waals surface area contributed by atoms with E-state index in [-0.39, 0.29) is 11.3 Å². The van der Waals surface area contributed by atoms with Gasteiger partial charge >= 0.3 is 0 Å². The van der Waals surface area contributed by atoms with Crippen LogP contribution in [0.15, 0.2) is 64.6 Å². The number of sulfonamides is 1. The van der Waals surface area contributed by atoms with Crippen molar-refractivity contribution >= 4 is 10.0 Å². The molecule has 2 saturated heterocycles. The molecule has 0 N–H and O–H groups in total. The van der Waals surface area contributed by atoms with Crippen LogP contribution >= 0.6 is 0 Å². The summed E-state index contributed by atoms with van der Waals surface area (Å²) in [7, 11) is -3.58. The van der Waals surface area contributed by atoms with E-state index in [4.69, 9.17) is 4.74 Å². The van der Waals surface area contributed by atoms with Crippen molar-refractivity contribution in [1.82, 2.24) is 4.31 Å². The molecule has 1 spiro atoms. The Balaban J connectivity index is 1.51. The van der Waals surface area contributed by atoms with Crippen LogP contribution in [0, 0.1) is 25.2 Å². The fraction of sp³-hybridized carbons (Fsp3) is 0.517. The molecular weight excluding hydrogens is 442 g/mol. The molecule has 2 heterocycles. The molecule has 0 aromatic heterocycles. The molecule has 0 unspecified atom stereocenters. The van der Waals surface area contributed by atoms with Crippen molar-refractivity contribution in [2.24, 2.45) is 11.3 Å². The Labute approximate surface area is 204 Å². The van der Waals surface area contributed by atoms with Gasteiger partial charge in [0.2, 0.25) is 10.0 Å². The summed E-state index contributed by atoms with van der Waals surface area (Å²) < 4.78 is 36.7. The van der Waals surface area contributed by atoms with E-state index in [1.54, 1.807) is 16.4 Å². The quantitative estimate of drug-likeness (QED) is 0.518. The first-order valence-electron chi connectivity index (χ1n) is 12.7. The molecule has 4 nitrogen and oxygen atoms in total. The summed E-state index contributed by atoms with van der Waals surface area (Å²) in [6.45, 7) is 9.48. The molecule has 2 aromatic rings. The summed E-state index contributed by atoms with van der Waals surface area (Å²) in [6, 6.07) is 16.1. The first kappa shape index (κ1) is 22.5. The Hall–Kier alpha value is -1.95. The zero-order chi connectivity index (χ0) is 23.9. The Morgan fingerprint density at radius 3 is 2.21 bits per heavy atom. The number of allylic oxidation sites excluding steroid dienone is 1. The minimum absolute atomic E-state index is 0.132. The van der Waals surface area contributed by atoms with E-state index in [9.17, 15) is 8.42 Å². The normalized spacial score (nSPS) is 32.5. The van der Waals surface area contributed by atoms with Gasteiger partial charge in [-0.05, 0) is 83.1 Å². The Morgan fingerprint density at radius 1 is 0.912 bits per heavy atom. The minimum Gasteiger partial charge on any atom is -0.359 e. The third-order valence-corrected chi connectivity index (χ3v) is 10.9. The van der Waals surface area contributed by atoms with Gasteiger partial charge in [0, 0.05) is 24.4 Å². The summed E-state index contributed by atoms with van der Waals surface area (Å²) in [5.74, 6) is 0.132. The number of hydrogen-bond donors (Lipinski definition) is 0. The van der Waals surface area contributed by atoms with Crippen LogP contribution in [-0.4, -0.2) is 31.4 Å². The van der Waals surface area contributed by atoms with Crippen LogP contribution in [0.4, 0.5) is 0 Å². The van der Waals surface area contributed by atoms with E-state index in [1.807, 2.05) is 19.1 Å². The first-order chi connectivity index (χ1) is 16.1. The van der Waals surface area contributed by atoms with Crippen molar-refractivity contribution in [3.8, 4) is 0 Å². The summed E-state index contributed by atoms with van der Waals surface area (Å²) in [5, 5.41) is 0. The summed E-state index contributed by atoms with van der Waals surface area (Å²) in [6.07, 6.45) is 5.52. The predicted molar refractivity (Wildman–Crippen MR) is 134 cm³/mol. The lowest BCUT2D eigenvalue weighted by Gasteiger charge is -2.42. The monoisotopic (exact) mass is 477 g/mol. The van der Waals surface area contributed by atoms with Gasteiger partial charge in [-0.3, -0.25) is 0 Å². The average molecular weight is 478 g/mol. The molecule has 2 aromatic carbocycles. The minimum atomic E-state index is -3.58. The lowest BCUT2D eigenvalue weighted by molar-refractivity contribution is -0.101. The van der Waals surface area contributed by atoms with Gasteiger partial charge in [0.15, 0.2) is 0 Å². The highest BCUT2D eigenvalue weighted by Gasteiger charge is 2.75. The Bertz CT molecular complexity index is 1280. The fourth-order valence-electron chi connectivity index (χ4n) is 7.66. The van der Waals surface area contributed by atoms with Crippen molar-refractivity contribution in [2.75, 3.05) is 13.1 Å². The maximum absolute atomic E-state index is 13.8. The van der Waals surface area contributed by atoms with Crippen LogP contribution in [0.25, 0.3) is 0 Å². The van der Waals surface area contributed by atoms with E-state index in [2.05, 4.69) is 45.0 Å². The second-order valence-corrected chi connectivity index (χ2v) is 13.5. The molecule has 0 bridgehead atoms. The van der Waals surface area contributed by atoms with E-state index >= 15 is 0 Å². The largest absolute Gasteiger partial charge is 0.359 e. The fourth-order valence-corrected chi connectivity index (χ4v) is 9.19. The lowest BCUT2D eigenvalue weighted by atomic mass is 9.62. The van der Waals surface area contributed by atoms with E-state index in [0.29, 0.717) is 18.0 Å². The first-order valence-corrected chi connectivity index (χ1v) is 14.1. The second kappa shape index (κ2) is 7.28. The van der Waals surface area contributed by atoms with E-state index in [1.165, 1.54) is 35.1 Å². The molecule has 2 aliphatic heterocycles. The molecule has 180 valence electrons. The maximum atomic E-state index is 13.8. The second-order valence-electron chi connectivity index (χ2n) is 11.5. The van der Waals surface area contributed by atoms with Gasteiger partial charge in [-0.2, -0.15) is 4.31 Å². The standard InChI is InChI=1S/C29H35NO3S/c1-20-9-13-23(14-10-20)29-25-8-6-5-7-22(25)17-28(29)19-30(18-26(28)27(3,4)33-29)34(31,32)24-15-11-21(2)12-16-24/h9-16,26H,5-8,17-19H2,1-4H3/t26-,28-,29+/m1/s1. The van der Waals surface area contributed by atoms with E-state index < -0.39 is 21.2 Å². The Kier molecular flexibility index (Phi) is 4.82. The molecule has 0 amide bonds. The van der Waals surface area contributed by atoms with Gasteiger partial charge in [-0.1, -0.05) is 53.1 Å². The molecule has 0 saturated carbocycles. The average Bonchev–Trinajstić information content (AvgIpc) is 3.38. The van der Waals surface area contributed by atoms with Crippen LogP contribution in [0.5, 0.6) is 0 Å². The van der Waals surface area contributed by atoms with Gasteiger partial charge in [0.05, 0.1) is 10.5 Å². The highest BCUT2D eigenvalue weighted by Crippen LogP contribution is 2.73. The van der Waals surface area contributed by atoms with Crippen molar-refractivity contribution in [1.29, 1.82) is 0 Å². The van der Waals surface area contributed by atoms with Gasteiger partial charge < -0.3 is 4.74 Å². The third-order valence-electron chi connectivity index (χ3n) is 9.12. The molecule has 2 fully saturated rings. The molecule has 0 radical (unpaired) electrons. The van der Waals surface area contributed by atoms with Crippen LogP contribution in [0.1, 0.15) is 62.6 Å². The van der Waals surface area contributed by atoms with Gasteiger partial charge in [0.1, 0.15) is 5.60 Å². The maximum Gasteiger partial charge on any atom is 0.243 e. The van der Waals surface area contributed by atoms with Crippen LogP contribution in [0.3, 0.4) is 0 Å². The molecule has 34 heavy (non-hydrogen) atoms. The number of nitrogens with zero attached hydrogens (tertiary/aromatic N) is 1. The number of benzene rings is 2. The number of ether oxygens (including phenoxy) is 1. The SMILES string of the molecule is Cc1ccc([C@@]23OC(C)(C)[C@H]4CN(S(=O)(=O)c5ccc(C)cc5)C[C@]42CC2=C3CCCC2)cc1. The summed E-state index contributed by atoms with van der Waals surface area (Å²) in [5.41, 5.74) is 5.26. The van der Waals surface area contributed by atoms with Crippen molar-refractivity contribution in [3.63, 3.8) is 0 Å². The zero-order valence-corrected chi connectivity index (χ0v) is 21.5. The number of fused-ring (bicyclic) bond motifs is 1. The van der Waals surface area contributed by atoms with Crippen LogP contribution in [-0.2, 0) is 20.4 Å². The smallest absolute Gasteiger partial charge is 0.243 e. The van der Waals surface area contributed by atoms with Crippen molar-refractivity contribution < 1.29 is 13.2 Å². The van der Waals surface area contributed by atoms with Crippen molar-refractivity contribution in [2.45, 2.75) is 75.9 Å². The predicted octanol–water partition coefficient (Wildman–Crippen LogP) is 5.89. The molecular formula is C29H35NO3S. The van der Waals surface area contributed by atoms with Gasteiger partial charge in [0.25, 0.3) is 0 Å². The third kappa shape index (κ3) is 2.87. The van der Waals surface area contributed by atoms with Crippen LogP contribution in [0.2, 0.25) is 0 Å².